The molecule has 1 fully saturated rings. The molecule has 1 aromatic heterocycles. The molecule has 2 aromatic rings. The van der Waals surface area contributed by atoms with Crippen LogP contribution in [0.2, 0.25) is 0 Å². The van der Waals surface area contributed by atoms with Crippen molar-refractivity contribution in [1.29, 1.82) is 0 Å². The minimum Gasteiger partial charge on any atom is -0.354 e. The topological polar surface area (TPSA) is 33.2 Å². The number of alkyl halides is 1. The number of nitrogens with zero attached hydrogens (tertiary/aromatic N) is 2. The number of pyridine rings is 1. The predicted octanol–water partition coefficient (Wildman–Crippen LogP) is 2.54. The van der Waals surface area contributed by atoms with E-state index in [0.717, 1.165) is 46.9 Å². The van der Waals surface area contributed by atoms with Crippen molar-refractivity contribution in [1.82, 2.24) is 4.98 Å². The van der Waals surface area contributed by atoms with Crippen molar-refractivity contribution in [2.45, 2.75) is 5.88 Å². The molecule has 100 valence electrons. The van der Waals surface area contributed by atoms with Gasteiger partial charge in [0.1, 0.15) is 5.82 Å². The van der Waals surface area contributed by atoms with E-state index in [1.165, 1.54) is 0 Å². The second kappa shape index (κ2) is 5.47. The number of aromatic nitrogens is 1. The monoisotopic (exact) mass is 294 g/mol. The highest BCUT2D eigenvalue weighted by Crippen LogP contribution is 2.27. The normalized spacial score (nSPS) is 17.0. The second-order valence-corrected chi connectivity index (χ2v) is 6.59. The minimum atomic E-state index is -0.671. The van der Waals surface area contributed by atoms with Crippen molar-refractivity contribution in [3.8, 4) is 0 Å². The van der Waals surface area contributed by atoms with E-state index in [2.05, 4.69) is 22.0 Å². The van der Waals surface area contributed by atoms with E-state index in [-0.39, 0.29) is 0 Å². The quantitative estimate of drug-likeness (QED) is 0.798. The number of benzene rings is 1. The van der Waals surface area contributed by atoms with Gasteiger partial charge in [-0.3, -0.25) is 4.21 Å². The third-order valence-electron chi connectivity index (χ3n) is 3.39. The summed E-state index contributed by atoms with van der Waals surface area (Å²) in [7, 11) is -0.671. The molecule has 3 nitrogen and oxygen atoms in total. The minimum absolute atomic E-state index is 0.414. The van der Waals surface area contributed by atoms with Crippen LogP contribution in [0.5, 0.6) is 0 Å². The molecule has 19 heavy (non-hydrogen) atoms. The first kappa shape index (κ1) is 12.9. The van der Waals surface area contributed by atoms with Gasteiger partial charge in [-0.2, -0.15) is 0 Å². The molecule has 1 aliphatic heterocycles. The van der Waals surface area contributed by atoms with Crippen molar-refractivity contribution in [2.75, 3.05) is 29.5 Å². The van der Waals surface area contributed by atoms with Gasteiger partial charge in [0, 0.05) is 40.8 Å². The lowest BCUT2D eigenvalue weighted by Crippen LogP contribution is -2.38. The molecule has 5 heteroatoms. The Labute approximate surface area is 120 Å². The van der Waals surface area contributed by atoms with Gasteiger partial charge >= 0.3 is 0 Å². The van der Waals surface area contributed by atoms with Gasteiger partial charge in [0.05, 0.1) is 11.6 Å². The highest BCUT2D eigenvalue weighted by molar-refractivity contribution is 7.85. The van der Waals surface area contributed by atoms with Crippen LogP contribution in [-0.2, 0) is 16.7 Å². The maximum absolute atomic E-state index is 11.5. The summed E-state index contributed by atoms with van der Waals surface area (Å²) in [5, 5.41) is 2.30. The van der Waals surface area contributed by atoms with Crippen LogP contribution in [0.1, 0.15) is 5.69 Å². The number of fused-ring (bicyclic) bond motifs is 1. The standard InChI is InChI=1S/C14H15ClN2OS/c15-10-12-9-11-3-1-2-4-13(11)14(16-12)17-5-7-19(18)8-6-17/h1-4,9H,5-8,10H2. The SMILES string of the molecule is O=S1CCN(c2nc(CCl)cc3ccccc23)CC1. The van der Waals surface area contributed by atoms with Crippen molar-refractivity contribution in [2.24, 2.45) is 0 Å². The lowest BCUT2D eigenvalue weighted by molar-refractivity contribution is 0.672. The predicted molar refractivity (Wildman–Crippen MR) is 81.4 cm³/mol. The second-order valence-electron chi connectivity index (χ2n) is 4.63. The molecular weight excluding hydrogens is 280 g/mol. The molecule has 0 bridgehead atoms. The summed E-state index contributed by atoms with van der Waals surface area (Å²) >= 11 is 5.93. The third-order valence-corrected chi connectivity index (χ3v) is 4.94. The van der Waals surface area contributed by atoms with Crippen molar-refractivity contribution < 1.29 is 4.21 Å². The zero-order valence-electron chi connectivity index (χ0n) is 10.5. The van der Waals surface area contributed by atoms with Crippen LogP contribution >= 0.6 is 11.6 Å². The molecule has 0 unspecified atom stereocenters. The summed E-state index contributed by atoms with van der Waals surface area (Å²) in [6.07, 6.45) is 0. The van der Waals surface area contributed by atoms with Crippen molar-refractivity contribution in [3.05, 3.63) is 36.0 Å². The number of hydrogen-bond donors (Lipinski definition) is 0. The van der Waals surface area contributed by atoms with Crippen LogP contribution < -0.4 is 4.90 Å². The van der Waals surface area contributed by atoms with E-state index in [0.29, 0.717) is 5.88 Å². The van der Waals surface area contributed by atoms with Gasteiger partial charge in [-0.15, -0.1) is 11.6 Å². The van der Waals surface area contributed by atoms with Crippen LogP contribution in [0.15, 0.2) is 30.3 Å². The largest absolute Gasteiger partial charge is 0.354 e. The Morgan fingerprint density at radius 2 is 2.00 bits per heavy atom. The zero-order valence-corrected chi connectivity index (χ0v) is 12.1. The summed E-state index contributed by atoms with van der Waals surface area (Å²) < 4.78 is 11.5. The molecule has 0 atom stereocenters. The van der Waals surface area contributed by atoms with Crippen molar-refractivity contribution >= 4 is 39.0 Å². The Bertz CT molecular complexity index is 622. The van der Waals surface area contributed by atoms with E-state index in [9.17, 15) is 4.21 Å². The average molecular weight is 295 g/mol. The van der Waals surface area contributed by atoms with Gasteiger partial charge in [-0.25, -0.2) is 4.98 Å². The summed E-state index contributed by atoms with van der Waals surface area (Å²) in [6.45, 7) is 1.60. The molecule has 0 aliphatic carbocycles. The first-order valence-corrected chi connectivity index (χ1v) is 8.35. The summed E-state index contributed by atoms with van der Waals surface area (Å²) in [5.74, 6) is 2.84. The van der Waals surface area contributed by atoms with Crippen LogP contribution in [0.3, 0.4) is 0 Å². The lowest BCUT2D eigenvalue weighted by Gasteiger charge is -2.28. The van der Waals surface area contributed by atoms with E-state index < -0.39 is 10.8 Å². The van der Waals surface area contributed by atoms with Crippen LogP contribution in [-0.4, -0.2) is 33.8 Å². The fraction of sp³-hybridized carbons (Fsp3) is 0.357. The molecule has 0 N–H and O–H groups in total. The Morgan fingerprint density at radius 3 is 2.74 bits per heavy atom. The van der Waals surface area contributed by atoms with Crippen LogP contribution in [0.4, 0.5) is 5.82 Å². The fourth-order valence-electron chi connectivity index (χ4n) is 2.39. The van der Waals surface area contributed by atoms with Gasteiger partial charge in [0.15, 0.2) is 0 Å². The van der Waals surface area contributed by atoms with Gasteiger partial charge < -0.3 is 4.90 Å². The molecule has 1 saturated heterocycles. The maximum atomic E-state index is 11.5. The molecular formula is C14H15ClN2OS. The zero-order chi connectivity index (χ0) is 13.2. The Hall–Kier alpha value is -1.13. The molecule has 1 aromatic carbocycles. The first-order valence-electron chi connectivity index (χ1n) is 6.32. The number of anilines is 1. The number of rotatable bonds is 2. The van der Waals surface area contributed by atoms with Gasteiger partial charge in [0.25, 0.3) is 0 Å². The van der Waals surface area contributed by atoms with E-state index >= 15 is 0 Å². The van der Waals surface area contributed by atoms with Crippen LogP contribution in [0.25, 0.3) is 10.8 Å². The molecule has 0 amide bonds. The molecule has 0 spiro atoms. The highest BCUT2D eigenvalue weighted by atomic mass is 35.5. The Morgan fingerprint density at radius 1 is 1.26 bits per heavy atom. The van der Waals surface area contributed by atoms with Crippen LogP contribution in [0, 0.1) is 0 Å². The first-order chi connectivity index (χ1) is 9.28. The summed E-state index contributed by atoms with van der Waals surface area (Å²) in [6, 6.07) is 10.2. The van der Waals surface area contributed by atoms with Gasteiger partial charge in [-0.1, -0.05) is 24.3 Å². The van der Waals surface area contributed by atoms with Gasteiger partial charge in [0.2, 0.25) is 0 Å². The summed E-state index contributed by atoms with van der Waals surface area (Å²) in [5.41, 5.74) is 0.891. The van der Waals surface area contributed by atoms with E-state index in [4.69, 9.17) is 11.6 Å². The van der Waals surface area contributed by atoms with Crippen molar-refractivity contribution in [3.63, 3.8) is 0 Å². The molecule has 0 saturated carbocycles. The smallest absolute Gasteiger partial charge is 0.136 e. The molecule has 0 radical (unpaired) electrons. The van der Waals surface area contributed by atoms with E-state index in [1.807, 2.05) is 18.2 Å². The Balaban J connectivity index is 2.08. The van der Waals surface area contributed by atoms with E-state index in [1.54, 1.807) is 0 Å². The third kappa shape index (κ3) is 2.60. The lowest BCUT2D eigenvalue weighted by atomic mass is 10.1. The fourth-order valence-corrected chi connectivity index (χ4v) is 3.58. The average Bonchev–Trinajstić information content (AvgIpc) is 2.47. The highest BCUT2D eigenvalue weighted by Gasteiger charge is 2.19. The molecule has 3 rings (SSSR count). The Kier molecular flexibility index (Phi) is 3.71. The molecule has 2 heterocycles. The maximum Gasteiger partial charge on any atom is 0.136 e. The molecule has 1 aliphatic rings. The summed E-state index contributed by atoms with van der Waals surface area (Å²) in [4.78, 5) is 6.89. The number of halogens is 1. The van der Waals surface area contributed by atoms with Gasteiger partial charge in [-0.05, 0) is 11.5 Å². The number of hydrogen-bond acceptors (Lipinski definition) is 3.